The molecule has 14 heavy (non-hydrogen) atoms. The summed E-state index contributed by atoms with van der Waals surface area (Å²) in [5.74, 6) is 0.145. The minimum absolute atomic E-state index is 0.145. The molecule has 1 rings (SSSR count). The summed E-state index contributed by atoms with van der Waals surface area (Å²) in [5.41, 5.74) is -0.745. The van der Waals surface area contributed by atoms with Crippen molar-refractivity contribution in [2.24, 2.45) is 0 Å². The minimum Gasteiger partial charge on any atom is -0.389 e. The fourth-order valence-electron chi connectivity index (χ4n) is 1.55. The van der Waals surface area contributed by atoms with Gasteiger partial charge in [0.15, 0.2) is 0 Å². The molecule has 1 amide bonds. The van der Waals surface area contributed by atoms with E-state index < -0.39 is 5.60 Å². The van der Waals surface area contributed by atoms with E-state index in [-0.39, 0.29) is 5.91 Å². The predicted molar refractivity (Wildman–Crippen MR) is 55.0 cm³/mol. The molecule has 1 saturated heterocycles. The number of hydrogen-bond acceptors (Lipinski definition) is 3. The molecule has 0 atom stereocenters. The fraction of sp³-hybridized carbons (Fsp3) is 0.900. The first-order valence-electron chi connectivity index (χ1n) is 5.20. The average molecular weight is 200 g/mol. The summed E-state index contributed by atoms with van der Waals surface area (Å²) >= 11 is 0. The first kappa shape index (κ1) is 11.5. The molecule has 0 saturated carbocycles. The monoisotopic (exact) mass is 200 g/mol. The van der Waals surface area contributed by atoms with E-state index in [4.69, 9.17) is 0 Å². The van der Waals surface area contributed by atoms with E-state index in [1.165, 1.54) is 0 Å². The molecule has 1 aliphatic rings. The van der Waals surface area contributed by atoms with Crippen LogP contribution in [0.4, 0.5) is 0 Å². The number of likely N-dealkylation sites (tertiary alicyclic amines) is 1. The van der Waals surface area contributed by atoms with E-state index in [0.29, 0.717) is 13.1 Å². The Morgan fingerprint density at radius 1 is 1.43 bits per heavy atom. The molecule has 82 valence electrons. The van der Waals surface area contributed by atoms with Gasteiger partial charge in [-0.25, -0.2) is 0 Å². The van der Waals surface area contributed by atoms with Crippen LogP contribution >= 0.6 is 0 Å². The number of nitrogens with one attached hydrogen (secondary N) is 1. The lowest BCUT2D eigenvalue weighted by molar-refractivity contribution is -0.129. The van der Waals surface area contributed by atoms with Gasteiger partial charge in [0.1, 0.15) is 0 Å². The maximum atomic E-state index is 11.5. The summed E-state index contributed by atoms with van der Waals surface area (Å²) in [7, 11) is 0. The number of carbonyl (C=O) groups excluding carboxylic acids is 1. The molecule has 0 aromatic carbocycles. The van der Waals surface area contributed by atoms with Gasteiger partial charge in [0.05, 0.1) is 12.1 Å². The highest BCUT2D eigenvalue weighted by atomic mass is 16.3. The summed E-state index contributed by atoms with van der Waals surface area (Å²) in [6, 6.07) is 0. The Balaban J connectivity index is 2.15. The van der Waals surface area contributed by atoms with Crippen molar-refractivity contribution in [2.45, 2.75) is 32.3 Å². The van der Waals surface area contributed by atoms with Gasteiger partial charge in [0.25, 0.3) is 0 Å². The molecule has 0 spiro atoms. The number of aliphatic hydroxyl groups is 1. The van der Waals surface area contributed by atoms with Gasteiger partial charge in [-0.3, -0.25) is 4.79 Å². The van der Waals surface area contributed by atoms with Gasteiger partial charge in [0, 0.05) is 19.6 Å². The van der Waals surface area contributed by atoms with E-state index in [1.807, 2.05) is 4.90 Å². The zero-order valence-electron chi connectivity index (χ0n) is 9.05. The predicted octanol–water partition coefficient (Wildman–Crippen LogP) is -0.0307. The molecule has 0 unspecified atom stereocenters. The molecule has 0 aromatic rings. The third kappa shape index (κ3) is 4.07. The number of hydrogen-bond donors (Lipinski definition) is 2. The standard InChI is InChI=1S/C10H20N2O2/c1-10(2,14)8-11-7-9(13)12-5-3-4-6-12/h11,14H,3-8H2,1-2H3. The Hall–Kier alpha value is -0.610. The smallest absolute Gasteiger partial charge is 0.236 e. The van der Waals surface area contributed by atoms with Crippen LogP contribution in [0, 0.1) is 0 Å². The van der Waals surface area contributed by atoms with Crippen molar-refractivity contribution >= 4 is 5.91 Å². The highest BCUT2D eigenvalue weighted by Crippen LogP contribution is 2.06. The molecule has 0 aliphatic carbocycles. The van der Waals surface area contributed by atoms with Crippen molar-refractivity contribution in [2.75, 3.05) is 26.2 Å². The second-order valence-corrected chi connectivity index (χ2v) is 4.50. The van der Waals surface area contributed by atoms with E-state index in [2.05, 4.69) is 5.32 Å². The van der Waals surface area contributed by atoms with Crippen LogP contribution in [0.2, 0.25) is 0 Å². The largest absolute Gasteiger partial charge is 0.389 e. The van der Waals surface area contributed by atoms with E-state index in [1.54, 1.807) is 13.8 Å². The lowest BCUT2D eigenvalue weighted by atomic mass is 10.1. The molecule has 4 heteroatoms. The third-order valence-electron chi connectivity index (χ3n) is 2.29. The average Bonchev–Trinajstić information content (AvgIpc) is 2.53. The topological polar surface area (TPSA) is 52.6 Å². The van der Waals surface area contributed by atoms with Crippen molar-refractivity contribution in [1.82, 2.24) is 10.2 Å². The van der Waals surface area contributed by atoms with Gasteiger partial charge >= 0.3 is 0 Å². The summed E-state index contributed by atoms with van der Waals surface area (Å²) in [6.45, 7) is 6.02. The molecular formula is C10H20N2O2. The van der Waals surface area contributed by atoms with Gasteiger partial charge in [-0.2, -0.15) is 0 Å². The quantitative estimate of drug-likeness (QED) is 0.670. The Kier molecular flexibility index (Phi) is 3.89. The summed E-state index contributed by atoms with van der Waals surface area (Å²) < 4.78 is 0. The molecule has 1 fully saturated rings. The van der Waals surface area contributed by atoms with Crippen LogP contribution in [-0.4, -0.2) is 47.7 Å². The molecule has 1 aliphatic heterocycles. The van der Waals surface area contributed by atoms with Crippen LogP contribution in [0.15, 0.2) is 0 Å². The second kappa shape index (κ2) is 4.75. The first-order chi connectivity index (χ1) is 6.49. The molecule has 0 aromatic heterocycles. The van der Waals surface area contributed by atoms with Gasteiger partial charge in [-0.05, 0) is 26.7 Å². The summed E-state index contributed by atoms with van der Waals surface area (Å²) in [6.07, 6.45) is 2.24. The highest BCUT2D eigenvalue weighted by Gasteiger charge is 2.18. The van der Waals surface area contributed by atoms with Crippen molar-refractivity contribution in [3.63, 3.8) is 0 Å². The maximum Gasteiger partial charge on any atom is 0.236 e. The Morgan fingerprint density at radius 2 is 2.00 bits per heavy atom. The number of rotatable bonds is 4. The molecule has 1 heterocycles. The van der Waals surface area contributed by atoms with Crippen LogP contribution in [0.25, 0.3) is 0 Å². The van der Waals surface area contributed by atoms with Crippen molar-refractivity contribution < 1.29 is 9.90 Å². The molecule has 0 radical (unpaired) electrons. The van der Waals surface area contributed by atoms with Crippen LogP contribution in [0.3, 0.4) is 0 Å². The first-order valence-corrected chi connectivity index (χ1v) is 5.20. The Morgan fingerprint density at radius 3 is 2.50 bits per heavy atom. The zero-order chi connectivity index (χ0) is 10.6. The van der Waals surface area contributed by atoms with Crippen molar-refractivity contribution in [3.8, 4) is 0 Å². The summed E-state index contributed by atoms with van der Waals surface area (Å²) in [5, 5.41) is 12.4. The molecule has 4 nitrogen and oxygen atoms in total. The number of carbonyl (C=O) groups is 1. The molecule has 2 N–H and O–H groups in total. The Labute approximate surface area is 85.3 Å². The van der Waals surface area contributed by atoms with Crippen molar-refractivity contribution in [1.29, 1.82) is 0 Å². The van der Waals surface area contributed by atoms with Crippen molar-refractivity contribution in [3.05, 3.63) is 0 Å². The van der Waals surface area contributed by atoms with E-state index in [0.717, 1.165) is 25.9 Å². The molecule has 0 bridgehead atoms. The normalized spacial score (nSPS) is 17.5. The number of nitrogens with zero attached hydrogens (tertiary/aromatic N) is 1. The highest BCUT2D eigenvalue weighted by molar-refractivity contribution is 5.78. The van der Waals surface area contributed by atoms with Gasteiger partial charge in [-0.15, -0.1) is 0 Å². The minimum atomic E-state index is -0.745. The zero-order valence-corrected chi connectivity index (χ0v) is 9.05. The lowest BCUT2D eigenvalue weighted by Crippen LogP contribution is -2.41. The number of amides is 1. The van der Waals surface area contributed by atoms with Gasteiger partial charge < -0.3 is 15.3 Å². The van der Waals surface area contributed by atoms with Gasteiger partial charge in [0.2, 0.25) is 5.91 Å². The Bertz CT molecular complexity index is 193. The molecular weight excluding hydrogens is 180 g/mol. The van der Waals surface area contributed by atoms with Crippen LogP contribution in [-0.2, 0) is 4.79 Å². The van der Waals surface area contributed by atoms with Crippen LogP contribution < -0.4 is 5.32 Å². The van der Waals surface area contributed by atoms with Crippen LogP contribution in [0.1, 0.15) is 26.7 Å². The van der Waals surface area contributed by atoms with Gasteiger partial charge in [-0.1, -0.05) is 0 Å². The second-order valence-electron chi connectivity index (χ2n) is 4.50. The van der Waals surface area contributed by atoms with Crippen LogP contribution in [0.5, 0.6) is 0 Å². The van der Waals surface area contributed by atoms with E-state index in [9.17, 15) is 9.90 Å². The third-order valence-corrected chi connectivity index (χ3v) is 2.29. The fourth-order valence-corrected chi connectivity index (χ4v) is 1.55. The maximum absolute atomic E-state index is 11.5. The summed E-state index contributed by atoms with van der Waals surface area (Å²) in [4.78, 5) is 13.4. The lowest BCUT2D eigenvalue weighted by Gasteiger charge is -2.19. The SMILES string of the molecule is CC(C)(O)CNCC(=O)N1CCCC1. The van der Waals surface area contributed by atoms with E-state index >= 15 is 0 Å².